The molecule has 0 heterocycles. The van der Waals surface area contributed by atoms with Gasteiger partial charge < -0.3 is 5.73 Å². The molecule has 1 atom stereocenters. The number of nitrogens with two attached hydrogens (primary N) is 1. The van der Waals surface area contributed by atoms with Gasteiger partial charge in [-0.3, -0.25) is 0 Å². The molecule has 0 amide bonds. The number of rotatable bonds is 1. The maximum atomic E-state index is 4.95. The average Bonchev–Trinajstić information content (AvgIpc) is 1.41. The van der Waals surface area contributed by atoms with Crippen LogP contribution in [0.4, 0.5) is 0 Å². The van der Waals surface area contributed by atoms with Crippen LogP contribution in [0.5, 0.6) is 0 Å². The van der Waals surface area contributed by atoms with Crippen LogP contribution in [0.25, 0.3) is 0 Å². The van der Waals surface area contributed by atoms with Crippen molar-refractivity contribution in [1.82, 2.24) is 0 Å². The third kappa shape index (κ3) is 3.97. The maximum Gasteiger partial charge on any atom is -0.00996 e. The minimum atomic E-state index is 0.955. The van der Waals surface area contributed by atoms with Crippen molar-refractivity contribution in [2.45, 2.75) is 0 Å². The van der Waals surface area contributed by atoms with Crippen LogP contribution in [-0.2, 0) is 0 Å². The molecule has 0 aliphatic carbocycles. The second-order valence-electron chi connectivity index (χ2n) is 0.664. The lowest BCUT2D eigenvalue weighted by Crippen LogP contribution is -1.73. The first kappa shape index (κ1) is 4.97. The molecule has 1 nitrogen and oxygen atoms in total. The summed E-state index contributed by atoms with van der Waals surface area (Å²) in [7, 11) is 2.53. The third-order valence-electron chi connectivity index (χ3n) is 0.272. The van der Waals surface area contributed by atoms with Crippen LogP contribution < -0.4 is 5.73 Å². The van der Waals surface area contributed by atoms with Crippen molar-refractivity contribution in [2.75, 3.05) is 6.16 Å². The Kier molecular flexibility index (Phi) is 3.95. The average molecular weight is 89.1 g/mol. The zero-order valence-corrected chi connectivity index (χ0v) is 4.17. The van der Waals surface area contributed by atoms with Gasteiger partial charge in [0.25, 0.3) is 0 Å². The molecule has 5 heavy (non-hydrogen) atoms. The van der Waals surface area contributed by atoms with Crippen molar-refractivity contribution in [3.63, 3.8) is 0 Å². The zero-order chi connectivity index (χ0) is 4.12. The van der Waals surface area contributed by atoms with Gasteiger partial charge in [0.2, 0.25) is 0 Å². The van der Waals surface area contributed by atoms with E-state index in [-0.39, 0.29) is 0 Å². The van der Waals surface area contributed by atoms with Gasteiger partial charge >= 0.3 is 0 Å². The fourth-order valence-electron chi connectivity index (χ4n) is 0.0786. The van der Waals surface area contributed by atoms with E-state index in [0.717, 1.165) is 6.16 Å². The lowest BCUT2D eigenvalue weighted by molar-refractivity contribution is 1.56. The lowest BCUT2D eigenvalue weighted by atomic mass is 10.7. The van der Waals surface area contributed by atoms with E-state index in [2.05, 4.69) is 9.24 Å². The third-order valence-corrected chi connectivity index (χ3v) is 0.544. The van der Waals surface area contributed by atoms with Gasteiger partial charge in [-0.2, -0.15) is 0 Å². The highest BCUT2D eigenvalue weighted by atomic mass is 31.0. The van der Waals surface area contributed by atoms with E-state index in [9.17, 15) is 0 Å². The van der Waals surface area contributed by atoms with E-state index in [1.54, 1.807) is 0 Å². The topological polar surface area (TPSA) is 26.0 Å². The first-order chi connectivity index (χ1) is 2.41. The van der Waals surface area contributed by atoms with E-state index in [4.69, 9.17) is 5.73 Å². The van der Waals surface area contributed by atoms with Crippen molar-refractivity contribution in [3.05, 3.63) is 12.3 Å². The highest BCUT2D eigenvalue weighted by Gasteiger charge is 1.52. The lowest BCUT2D eigenvalue weighted by Gasteiger charge is -1.66. The summed E-state index contributed by atoms with van der Waals surface area (Å²) in [6, 6.07) is 0. The fourth-order valence-corrected chi connectivity index (χ4v) is 0.236. The largest absolute Gasteiger partial charge is 0.405 e. The predicted molar refractivity (Wildman–Crippen MR) is 27.9 cm³/mol. The molecule has 0 aromatic heterocycles. The van der Waals surface area contributed by atoms with Crippen LogP contribution in [0.3, 0.4) is 0 Å². The van der Waals surface area contributed by atoms with Crippen LogP contribution in [0.2, 0.25) is 0 Å². The Hall–Kier alpha value is -0.0300. The second-order valence-corrected chi connectivity index (χ2v) is 1.14. The molecule has 2 N–H and O–H groups in total. The van der Waals surface area contributed by atoms with E-state index in [0.29, 0.717) is 0 Å². The van der Waals surface area contributed by atoms with Gasteiger partial charge in [0.1, 0.15) is 0 Å². The predicted octanol–water partition coefficient (Wildman–Crippen LogP) is 0.334. The second kappa shape index (κ2) is 3.97. The van der Waals surface area contributed by atoms with Crippen molar-refractivity contribution >= 4 is 9.24 Å². The number of allylic oxidation sites excluding steroid dienone is 1. The number of hydrogen-bond donors (Lipinski definition) is 1. The summed E-state index contributed by atoms with van der Waals surface area (Å²) >= 11 is 0. The summed E-state index contributed by atoms with van der Waals surface area (Å²) in [5.41, 5.74) is 4.95. The van der Waals surface area contributed by atoms with Gasteiger partial charge in [-0.1, -0.05) is 6.08 Å². The van der Waals surface area contributed by atoms with E-state index >= 15 is 0 Å². The molecule has 30 valence electrons. The molecule has 0 aromatic rings. The number of hydrogen-bond acceptors (Lipinski definition) is 1. The standard InChI is InChI=1S/C3H8NP/c4-2-1-3-5/h1-2H,3-5H2. The molecule has 0 saturated heterocycles. The van der Waals surface area contributed by atoms with E-state index < -0.39 is 0 Å². The molecule has 0 aliphatic rings. The molecule has 0 fully saturated rings. The van der Waals surface area contributed by atoms with Crippen molar-refractivity contribution < 1.29 is 0 Å². The van der Waals surface area contributed by atoms with Crippen LogP contribution in [0, 0.1) is 0 Å². The summed E-state index contributed by atoms with van der Waals surface area (Å²) in [5.74, 6) is 0. The Morgan fingerprint density at radius 1 is 1.80 bits per heavy atom. The van der Waals surface area contributed by atoms with Crippen molar-refractivity contribution in [1.29, 1.82) is 0 Å². The van der Waals surface area contributed by atoms with Gasteiger partial charge in [-0.15, -0.1) is 9.24 Å². The Labute approximate surface area is 34.4 Å². The smallest absolute Gasteiger partial charge is 0.00996 e. The van der Waals surface area contributed by atoms with Crippen molar-refractivity contribution in [2.24, 2.45) is 5.73 Å². The summed E-state index contributed by atoms with van der Waals surface area (Å²) in [6.07, 6.45) is 4.36. The highest BCUT2D eigenvalue weighted by Crippen LogP contribution is 1.76. The van der Waals surface area contributed by atoms with Gasteiger partial charge in [-0.05, 0) is 12.4 Å². The molecule has 0 aromatic carbocycles. The van der Waals surface area contributed by atoms with Crippen LogP contribution in [0.15, 0.2) is 12.3 Å². The van der Waals surface area contributed by atoms with Crippen LogP contribution in [0.1, 0.15) is 0 Å². The molecule has 0 radical (unpaired) electrons. The minimum Gasteiger partial charge on any atom is -0.405 e. The SMILES string of the molecule is NC=CCP. The molecule has 0 saturated carbocycles. The van der Waals surface area contributed by atoms with Crippen LogP contribution >= 0.6 is 9.24 Å². The van der Waals surface area contributed by atoms with Gasteiger partial charge in [0.15, 0.2) is 0 Å². The van der Waals surface area contributed by atoms with Gasteiger partial charge in [-0.25, -0.2) is 0 Å². The molecule has 1 unspecified atom stereocenters. The first-order valence-corrected chi connectivity index (χ1v) is 2.30. The molecular weight excluding hydrogens is 81.0 g/mol. The molecule has 0 aliphatic heterocycles. The van der Waals surface area contributed by atoms with E-state index in [1.807, 2.05) is 6.08 Å². The molecule has 0 rings (SSSR count). The highest BCUT2D eigenvalue weighted by molar-refractivity contribution is 7.16. The first-order valence-electron chi connectivity index (χ1n) is 1.48. The van der Waals surface area contributed by atoms with Gasteiger partial charge in [0.05, 0.1) is 0 Å². The molecule has 0 spiro atoms. The normalized spacial score (nSPS) is 9.80. The van der Waals surface area contributed by atoms with Crippen LogP contribution in [-0.4, -0.2) is 6.16 Å². The fraction of sp³-hybridized carbons (Fsp3) is 0.333. The summed E-state index contributed by atoms with van der Waals surface area (Å²) in [6.45, 7) is 0. The summed E-state index contributed by atoms with van der Waals surface area (Å²) in [4.78, 5) is 0. The summed E-state index contributed by atoms with van der Waals surface area (Å²) < 4.78 is 0. The Morgan fingerprint density at radius 2 is 2.40 bits per heavy atom. The quantitative estimate of drug-likeness (QED) is 0.460. The maximum absolute atomic E-state index is 4.95. The Morgan fingerprint density at radius 3 is 2.40 bits per heavy atom. The zero-order valence-electron chi connectivity index (χ0n) is 3.02. The Bertz CT molecular complexity index is 33.9. The molecule has 0 bridgehead atoms. The van der Waals surface area contributed by atoms with E-state index in [1.165, 1.54) is 6.20 Å². The minimum absolute atomic E-state index is 0.955. The van der Waals surface area contributed by atoms with Crippen molar-refractivity contribution in [3.8, 4) is 0 Å². The van der Waals surface area contributed by atoms with Gasteiger partial charge in [0, 0.05) is 0 Å². The Balaban J connectivity index is 2.62. The molecular formula is C3H8NP. The monoisotopic (exact) mass is 89.0 g/mol. The summed E-state index contributed by atoms with van der Waals surface area (Å²) in [5, 5.41) is 0. The molecule has 2 heteroatoms.